The molecule has 1 aromatic carbocycles. The third kappa shape index (κ3) is 2.03. The van der Waals surface area contributed by atoms with Crippen molar-refractivity contribution >= 4 is 28.5 Å². The molecule has 3 rings (SSSR count). The highest BCUT2D eigenvalue weighted by Crippen LogP contribution is 2.28. The standard InChI is InChI=1S/C13H13FN6/c1-15-13-17-11-10(7-16-19-11)12(18-13)20(2)9-5-3-8(14)4-6-9/h3-7H,1-2H3,(H2,15,16,17,18,19). The number of nitrogens with zero attached hydrogens (tertiary/aromatic N) is 4. The fraction of sp³-hybridized carbons (Fsp3) is 0.154. The number of hydrogen-bond donors (Lipinski definition) is 2. The summed E-state index contributed by atoms with van der Waals surface area (Å²) >= 11 is 0. The first-order chi connectivity index (χ1) is 9.69. The van der Waals surface area contributed by atoms with Crippen LogP contribution in [-0.4, -0.2) is 34.3 Å². The van der Waals surface area contributed by atoms with Crippen molar-refractivity contribution in [2.24, 2.45) is 0 Å². The number of nitrogens with one attached hydrogen (secondary N) is 2. The van der Waals surface area contributed by atoms with Gasteiger partial charge in [-0.15, -0.1) is 0 Å². The molecule has 0 spiro atoms. The monoisotopic (exact) mass is 272 g/mol. The molecule has 2 N–H and O–H groups in total. The van der Waals surface area contributed by atoms with Crippen LogP contribution in [0.1, 0.15) is 0 Å². The molecule has 102 valence electrons. The SMILES string of the molecule is CNc1nc(N(C)c2ccc(F)cc2)c2cn[nH]c2n1. The van der Waals surface area contributed by atoms with Crippen LogP contribution in [-0.2, 0) is 0 Å². The molecule has 0 unspecified atom stereocenters. The highest BCUT2D eigenvalue weighted by atomic mass is 19.1. The van der Waals surface area contributed by atoms with E-state index in [-0.39, 0.29) is 5.82 Å². The molecular weight excluding hydrogens is 259 g/mol. The highest BCUT2D eigenvalue weighted by molar-refractivity contribution is 5.89. The minimum absolute atomic E-state index is 0.269. The average Bonchev–Trinajstić information content (AvgIpc) is 2.94. The number of rotatable bonds is 3. The van der Waals surface area contributed by atoms with E-state index < -0.39 is 0 Å². The predicted molar refractivity (Wildman–Crippen MR) is 75.7 cm³/mol. The zero-order valence-electron chi connectivity index (χ0n) is 11.1. The molecule has 20 heavy (non-hydrogen) atoms. The lowest BCUT2D eigenvalue weighted by Gasteiger charge is -2.19. The molecule has 0 bridgehead atoms. The van der Waals surface area contributed by atoms with Crippen molar-refractivity contribution in [2.75, 3.05) is 24.3 Å². The van der Waals surface area contributed by atoms with E-state index in [0.717, 1.165) is 11.1 Å². The molecule has 0 saturated carbocycles. The lowest BCUT2D eigenvalue weighted by Crippen LogP contribution is -2.13. The van der Waals surface area contributed by atoms with Gasteiger partial charge in [-0.05, 0) is 24.3 Å². The second kappa shape index (κ2) is 4.76. The summed E-state index contributed by atoms with van der Waals surface area (Å²) in [6, 6.07) is 6.22. The number of hydrogen-bond acceptors (Lipinski definition) is 5. The minimum atomic E-state index is -0.269. The number of H-pyrrole nitrogens is 1. The van der Waals surface area contributed by atoms with Crippen molar-refractivity contribution in [1.29, 1.82) is 0 Å². The Balaban J connectivity index is 2.12. The van der Waals surface area contributed by atoms with Gasteiger partial charge in [0.15, 0.2) is 5.65 Å². The van der Waals surface area contributed by atoms with Crippen LogP contribution in [0.15, 0.2) is 30.5 Å². The Morgan fingerprint density at radius 1 is 1.20 bits per heavy atom. The lowest BCUT2D eigenvalue weighted by molar-refractivity contribution is 0.628. The maximum absolute atomic E-state index is 13.0. The van der Waals surface area contributed by atoms with Crippen molar-refractivity contribution in [3.63, 3.8) is 0 Å². The number of benzene rings is 1. The van der Waals surface area contributed by atoms with Gasteiger partial charge in [0.2, 0.25) is 5.95 Å². The van der Waals surface area contributed by atoms with Crippen LogP contribution >= 0.6 is 0 Å². The van der Waals surface area contributed by atoms with Gasteiger partial charge in [-0.2, -0.15) is 15.1 Å². The molecule has 3 aromatic rings. The summed E-state index contributed by atoms with van der Waals surface area (Å²) in [7, 11) is 3.61. The zero-order chi connectivity index (χ0) is 14.1. The van der Waals surface area contributed by atoms with Gasteiger partial charge in [0.25, 0.3) is 0 Å². The molecule has 0 aliphatic heterocycles. The van der Waals surface area contributed by atoms with Crippen LogP contribution in [0.25, 0.3) is 11.0 Å². The molecule has 6 nitrogen and oxygen atoms in total. The Bertz CT molecular complexity index is 736. The van der Waals surface area contributed by atoms with Crippen LogP contribution in [0, 0.1) is 5.82 Å². The van der Waals surface area contributed by atoms with Crippen molar-refractivity contribution in [1.82, 2.24) is 20.2 Å². The second-order valence-corrected chi connectivity index (χ2v) is 4.29. The summed E-state index contributed by atoms with van der Waals surface area (Å²) in [5, 5.41) is 10.5. The van der Waals surface area contributed by atoms with E-state index in [4.69, 9.17) is 0 Å². The number of aromatic amines is 1. The van der Waals surface area contributed by atoms with Gasteiger partial charge in [0.05, 0.1) is 11.6 Å². The first kappa shape index (κ1) is 12.3. The second-order valence-electron chi connectivity index (χ2n) is 4.29. The van der Waals surface area contributed by atoms with Crippen molar-refractivity contribution in [3.8, 4) is 0 Å². The molecule has 0 aliphatic rings. The van der Waals surface area contributed by atoms with E-state index in [1.807, 2.05) is 11.9 Å². The van der Waals surface area contributed by atoms with E-state index in [1.54, 1.807) is 25.4 Å². The number of fused-ring (bicyclic) bond motifs is 1. The largest absolute Gasteiger partial charge is 0.357 e. The molecule has 0 aliphatic carbocycles. The zero-order valence-corrected chi connectivity index (χ0v) is 11.1. The highest BCUT2D eigenvalue weighted by Gasteiger charge is 2.14. The van der Waals surface area contributed by atoms with Crippen LogP contribution in [0.4, 0.5) is 21.8 Å². The summed E-state index contributed by atoms with van der Waals surface area (Å²) in [5.74, 6) is 0.916. The Kier molecular flexibility index (Phi) is 2.94. The summed E-state index contributed by atoms with van der Waals surface area (Å²) in [4.78, 5) is 10.6. The minimum Gasteiger partial charge on any atom is -0.357 e. The number of aromatic nitrogens is 4. The van der Waals surface area contributed by atoms with Crippen molar-refractivity contribution in [3.05, 3.63) is 36.3 Å². The average molecular weight is 272 g/mol. The smallest absolute Gasteiger partial charge is 0.226 e. The predicted octanol–water partition coefficient (Wildman–Crippen LogP) is 2.30. The quantitative estimate of drug-likeness (QED) is 0.765. The molecular formula is C13H13FN6. The normalized spacial score (nSPS) is 10.8. The topological polar surface area (TPSA) is 69.7 Å². The van der Waals surface area contributed by atoms with Gasteiger partial charge >= 0.3 is 0 Å². The van der Waals surface area contributed by atoms with E-state index in [0.29, 0.717) is 17.4 Å². The van der Waals surface area contributed by atoms with Gasteiger partial charge in [0, 0.05) is 19.8 Å². The Hall–Kier alpha value is -2.70. The van der Waals surface area contributed by atoms with Gasteiger partial charge in [-0.25, -0.2) is 4.39 Å². The van der Waals surface area contributed by atoms with Crippen LogP contribution < -0.4 is 10.2 Å². The van der Waals surface area contributed by atoms with Gasteiger partial charge in [0.1, 0.15) is 11.6 Å². The Labute approximate surface area is 114 Å². The Morgan fingerprint density at radius 3 is 2.65 bits per heavy atom. The summed E-state index contributed by atoms with van der Waals surface area (Å²) in [6.07, 6.45) is 1.67. The van der Waals surface area contributed by atoms with E-state index in [2.05, 4.69) is 25.5 Å². The number of anilines is 3. The van der Waals surface area contributed by atoms with Crippen LogP contribution in [0.2, 0.25) is 0 Å². The summed E-state index contributed by atoms with van der Waals surface area (Å²) in [6.45, 7) is 0. The maximum Gasteiger partial charge on any atom is 0.226 e. The molecule has 0 fully saturated rings. The van der Waals surface area contributed by atoms with Gasteiger partial charge in [-0.1, -0.05) is 0 Å². The van der Waals surface area contributed by atoms with E-state index in [1.165, 1.54) is 12.1 Å². The van der Waals surface area contributed by atoms with E-state index in [9.17, 15) is 4.39 Å². The van der Waals surface area contributed by atoms with E-state index >= 15 is 0 Å². The third-order valence-corrected chi connectivity index (χ3v) is 3.04. The number of halogens is 1. The summed E-state index contributed by atoms with van der Waals surface area (Å²) in [5.41, 5.74) is 1.47. The molecule has 0 radical (unpaired) electrons. The van der Waals surface area contributed by atoms with Crippen LogP contribution in [0.5, 0.6) is 0 Å². The fourth-order valence-electron chi connectivity index (χ4n) is 1.97. The first-order valence-corrected chi connectivity index (χ1v) is 6.07. The molecule has 0 saturated heterocycles. The van der Waals surface area contributed by atoms with Crippen LogP contribution in [0.3, 0.4) is 0 Å². The van der Waals surface area contributed by atoms with Crippen molar-refractivity contribution in [2.45, 2.75) is 0 Å². The lowest BCUT2D eigenvalue weighted by atomic mass is 10.2. The Morgan fingerprint density at radius 2 is 1.95 bits per heavy atom. The fourth-order valence-corrected chi connectivity index (χ4v) is 1.97. The third-order valence-electron chi connectivity index (χ3n) is 3.04. The molecule has 7 heteroatoms. The maximum atomic E-state index is 13.0. The molecule has 0 amide bonds. The van der Waals surface area contributed by atoms with Gasteiger partial charge < -0.3 is 10.2 Å². The van der Waals surface area contributed by atoms with Gasteiger partial charge in [-0.3, -0.25) is 5.10 Å². The molecule has 2 heterocycles. The molecule has 0 atom stereocenters. The summed E-state index contributed by atoms with van der Waals surface area (Å²) < 4.78 is 13.0. The molecule has 2 aromatic heterocycles. The van der Waals surface area contributed by atoms with Crippen molar-refractivity contribution < 1.29 is 4.39 Å². The first-order valence-electron chi connectivity index (χ1n) is 6.07.